The lowest BCUT2D eigenvalue weighted by Crippen LogP contribution is -2.29. The molecule has 2 aromatic carbocycles. The zero-order valence-electron chi connectivity index (χ0n) is 23.2. The molecule has 3 aromatic rings. The fourth-order valence-corrected chi connectivity index (χ4v) is 5.54. The molecule has 0 radical (unpaired) electrons. The van der Waals surface area contributed by atoms with Gasteiger partial charge in [-0.1, -0.05) is 62.1 Å². The summed E-state index contributed by atoms with van der Waals surface area (Å²) >= 11 is 0.959. The van der Waals surface area contributed by atoms with Crippen LogP contribution in [-0.2, 0) is 14.3 Å². The molecule has 1 atom stereocenters. The fraction of sp³-hybridized carbons (Fsp3) is 0.290. The number of aromatic nitrogens is 1. The predicted octanol–water partition coefficient (Wildman–Crippen LogP) is 6.25. The van der Waals surface area contributed by atoms with Gasteiger partial charge in [-0.3, -0.25) is 14.5 Å². The highest BCUT2D eigenvalue weighted by atomic mass is 32.1. The monoisotopic (exact) mass is 560 g/mol. The summed E-state index contributed by atoms with van der Waals surface area (Å²) in [6.07, 6.45) is 1.46. The maximum Gasteiger partial charge on any atom is 0.350 e. The van der Waals surface area contributed by atoms with E-state index >= 15 is 0 Å². The second kappa shape index (κ2) is 11.9. The van der Waals surface area contributed by atoms with E-state index < -0.39 is 23.7 Å². The van der Waals surface area contributed by atoms with E-state index in [-0.39, 0.29) is 33.9 Å². The molecule has 9 heteroatoms. The van der Waals surface area contributed by atoms with Crippen LogP contribution in [0.3, 0.4) is 0 Å². The highest BCUT2D eigenvalue weighted by Crippen LogP contribution is 2.44. The van der Waals surface area contributed by atoms with Gasteiger partial charge in [0.15, 0.2) is 5.13 Å². The minimum Gasteiger partial charge on any atom is -0.507 e. The number of carbonyl (C=O) groups is 3. The van der Waals surface area contributed by atoms with E-state index in [1.807, 2.05) is 38.1 Å². The van der Waals surface area contributed by atoms with Gasteiger partial charge in [-0.15, -0.1) is 0 Å². The number of ether oxygens (including phenoxy) is 2. The van der Waals surface area contributed by atoms with Crippen LogP contribution in [0.4, 0.5) is 5.13 Å². The Bertz CT molecular complexity index is 1500. The Morgan fingerprint density at radius 1 is 1.18 bits per heavy atom. The molecule has 0 bridgehead atoms. The summed E-state index contributed by atoms with van der Waals surface area (Å²) in [5, 5.41) is 11.6. The standard InChI is InChI=1S/C31H32N2O6S/c1-7-15-39-30(37)28-19(6)32-31(40-28)33-25(21-11-9-20(10-12-21)17(3)4)24(27(35)29(33)36)26(34)22-13-14-23(38-8-2)18(5)16-22/h7,9-14,16-17,25,34H,1,8,15H2,2-6H3/t25-/m1/s1. The number of hydrogen-bond donors (Lipinski definition) is 1. The third-order valence-electron chi connectivity index (χ3n) is 6.62. The molecule has 1 aliphatic rings. The number of Topliss-reactive ketones (excluding diaryl/α,β-unsaturated/α-hetero) is 1. The van der Waals surface area contributed by atoms with Crippen molar-refractivity contribution in [2.24, 2.45) is 0 Å². The molecule has 2 heterocycles. The molecular weight excluding hydrogens is 528 g/mol. The number of amides is 1. The molecule has 4 rings (SSSR count). The van der Waals surface area contributed by atoms with Gasteiger partial charge in [0.1, 0.15) is 23.0 Å². The first-order chi connectivity index (χ1) is 19.1. The Morgan fingerprint density at radius 3 is 2.48 bits per heavy atom. The van der Waals surface area contributed by atoms with Crippen molar-refractivity contribution < 1.29 is 29.0 Å². The third kappa shape index (κ3) is 5.42. The fourth-order valence-electron chi connectivity index (χ4n) is 4.55. The van der Waals surface area contributed by atoms with Crippen LogP contribution in [0.2, 0.25) is 0 Å². The van der Waals surface area contributed by atoms with E-state index in [1.54, 1.807) is 25.1 Å². The van der Waals surface area contributed by atoms with Crippen molar-refractivity contribution >= 4 is 39.9 Å². The van der Waals surface area contributed by atoms with Crippen LogP contribution in [0.5, 0.6) is 5.75 Å². The van der Waals surface area contributed by atoms with Crippen LogP contribution in [0, 0.1) is 13.8 Å². The molecule has 1 saturated heterocycles. The highest BCUT2D eigenvalue weighted by Gasteiger charge is 2.48. The molecule has 1 aromatic heterocycles. The molecule has 1 N–H and O–H groups in total. The molecule has 1 aliphatic heterocycles. The van der Waals surface area contributed by atoms with E-state index in [2.05, 4.69) is 25.4 Å². The SMILES string of the molecule is C=CCOC(=O)c1sc(N2C(=O)C(=O)C(=C(O)c3ccc(OCC)c(C)c3)[C@H]2c2ccc(C(C)C)cc2)nc1C. The normalized spacial score (nSPS) is 16.4. The summed E-state index contributed by atoms with van der Waals surface area (Å²) < 4.78 is 10.8. The second-order valence-corrected chi connectivity index (χ2v) is 10.7. The smallest absolute Gasteiger partial charge is 0.350 e. The lowest BCUT2D eigenvalue weighted by molar-refractivity contribution is -0.132. The van der Waals surface area contributed by atoms with E-state index in [1.165, 1.54) is 11.0 Å². The molecule has 40 heavy (non-hydrogen) atoms. The Balaban J connectivity index is 1.88. The maximum absolute atomic E-state index is 13.5. The van der Waals surface area contributed by atoms with Gasteiger partial charge >= 0.3 is 11.9 Å². The molecule has 8 nitrogen and oxygen atoms in total. The largest absolute Gasteiger partial charge is 0.507 e. The number of esters is 1. The quantitative estimate of drug-likeness (QED) is 0.108. The van der Waals surface area contributed by atoms with Gasteiger partial charge in [-0.2, -0.15) is 0 Å². The summed E-state index contributed by atoms with van der Waals surface area (Å²) in [6, 6.07) is 11.7. The average molecular weight is 561 g/mol. The van der Waals surface area contributed by atoms with E-state index in [9.17, 15) is 19.5 Å². The number of ketones is 1. The van der Waals surface area contributed by atoms with E-state index in [0.717, 1.165) is 22.5 Å². The minimum absolute atomic E-state index is 0.0275. The van der Waals surface area contributed by atoms with Crippen LogP contribution < -0.4 is 9.64 Å². The first-order valence-corrected chi connectivity index (χ1v) is 13.8. The van der Waals surface area contributed by atoms with Crippen LogP contribution in [0.25, 0.3) is 5.76 Å². The summed E-state index contributed by atoms with van der Waals surface area (Å²) in [5.74, 6) is -1.65. The topological polar surface area (TPSA) is 106 Å². The number of nitrogens with zero attached hydrogens (tertiary/aromatic N) is 2. The van der Waals surface area contributed by atoms with E-state index in [0.29, 0.717) is 29.2 Å². The lowest BCUT2D eigenvalue weighted by Gasteiger charge is -2.23. The Labute approximate surface area is 237 Å². The zero-order valence-corrected chi connectivity index (χ0v) is 24.0. The van der Waals surface area contributed by atoms with Crippen LogP contribution in [-0.4, -0.2) is 41.0 Å². The van der Waals surface area contributed by atoms with Gasteiger partial charge in [0.05, 0.1) is 23.9 Å². The number of carbonyl (C=O) groups excluding carboxylic acids is 3. The first-order valence-electron chi connectivity index (χ1n) is 13.0. The van der Waals surface area contributed by atoms with Crippen LogP contribution in [0.1, 0.15) is 70.4 Å². The third-order valence-corrected chi connectivity index (χ3v) is 7.76. The van der Waals surface area contributed by atoms with Crippen molar-refractivity contribution in [3.05, 3.63) is 93.5 Å². The Kier molecular flexibility index (Phi) is 8.54. The number of aliphatic hydroxyl groups is 1. The number of aliphatic hydroxyl groups excluding tert-OH is 1. The van der Waals surface area contributed by atoms with Gasteiger partial charge in [0.25, 0.3) is 5.78 Å². The van der Waals surface area contributed by atoms with Gasteiger partial charge in [-0.25, -0.2) is 9.78 Å². The maximum atomic E-state index is 13.5. The molecule has 1 fully saturated rings. The van der Waals surface area contributed by atoms with Crippen LogP contribution >= 0.6 is 11.3 Å². The molecule has 208 valence electrons. The van der Waals surface area contributed by atoms with Crippen molar-refractivity contribution in [1.29, 1.82) is 0 Å². The predicted molar refractivity (Wildman–Crippen MR) is 155 cm³/mol. The Hall–Kier alpha value is -4.24. The first kappa shape index (κ1) is 28.8. The van der Waals surface area contributed by atoms with Crippen molar-refractivity contribution in [2.75, 3.05) is 18.1 Å². The Morgan fingerprint density at radius 2 is 1.88 bits per heavy atom. The zero-order chi connectivity index (χ0) is 29.1. The highest BCUT2D eigenvalue weighted by molar-refractivity contribution is 7.17. The number of rotatable bonds is 9. The number of aryl methyl sites for hydroxylation is 2. The van der Waals surface area contributed by atoms with Crippen LogP contribution in [0.15, 0.2) is 60.7 Å². The van der Waals surface area contributed by atoms with Crippen molar-refractivity contribution in [1.82, 2.24) is 4.98 Å². The number of anilines is 1. The molecule has 0 aliphatic carbocycles. The lowest BCUT2D eigenvalue weighted by atomic mass is 9.93. The van der Waals surface area contributed by atoms with Crippen molar-refractivity contribution in [3.63, 3.8) is 0 Å². The summed E-state index contributed by atoms with van der Waals surface area (Å²) in [7, 11) is 0. The number of thiazole rings is 1. The van der Waals surface area contributed by atoms with Crippen molar-refractivity contribution in [2.45, 2.75) is 46.6 Å². The number of hydrogen-bond acceptors (Lipinski definition) is 8. The van der Waals surface area contributed by atoms with Gasteiger partial charge in [-0.05, 0) is 61.6 Å². The second-order valence-electron chi connectivity index (χ2n) is 9.70. The molecule has 0 unspecified atom stereocenters. The number of benzene rings is 2. The molecule has 0 spiro atoms. The van der Waals surface area contributed by atoms with Gasteiger partial charge in [0, 0.05) is 5.56 Å². The van der Waals surface area contributed by atoms with Gasteiger partial charge in [0.2, 0.25) is 0 Å². The van der Waals surface area contributed by atoms with Crippen molar-refractivity contribution in [3.8, 4) is 5.75 Å². The molecule has 0 saturated carbocycles. The summed E-state index contributed by atoms with van der Waals surface area (Å²) in [4.78, 5) is 45.6. The summed E-state index contributed by atoms with van der Waals surface area (Å²) in [6.45, 7) is 13.6. The van der Waals surface area contributed by atoms with E-state index in [4.69, 9.17) is 9.47 Å². The average Bonchev–Trinajstić information content (AvgIpc) is 3.44. The minimum atomic E-state index is -0.962. The molecule has 1 amide bonds. The summed E-state index contributed by atoms with van der Waals surface area (Å²) in [5.41, 5.74) is 3.17. The molecular formula is C31H32N2O6S. The van der Waals surface area contributed by atoms with Gasteiger partial charge < -0.3 is 14.6 Å².